The van der Waals surface area contributed by atoms with Crippen molar-refractivity contribution < 1.29 is 4.74 Å². The second-order valence-corrected chi connectivity index (χ2v) is 5.50. The number of rotatable bonds is 3. The molecule has 1 unspecified atom stereocenters. The maximum absolute atomic E-state index is 5.68. The van der Waals surface area contributed by atoms with Gasteiger partial charge in [-0.3, -0.25) is 0 Å². The highest BCUT2D eigenvalue weighted by Gasteiger charge is 2.36. The lowest BCUT2D eigenvalue weighted by molar-refractivity contribution is 0.00351. The highest BCUT2D eigenvalue weighted by Crippen LogP contribution is 2.36. The van der Waals surface area contributed by atoms with Gasteiger partial charge in [-0.1, -0.05) is 0 Å². The fraction of sp³-hybridized carbons (Fsp3) is 0.600. The first-order valence-corrected chi connectivity index (χ1v) is 6.80. The lowest BCUT2D eigenvalue weighted by Gasteiger charge is -2.25. The van der Waals surface area contributed by atoms with Gasteiger partial charge in [-0.05, 0) is 36.2 Å². The molecule has 1 aliphatic heterocycles. The summed E-state index contributed by atoms with van der Waals surface area (Å²) >= 11 is 3.61. The monoisotopic (exact) mass is 229 g/mol. The Morgan fingerprint density at radius 3 is 3.00 bits per heavy atom. The quantitative estimate of drug-likeness (QED) is 0.804. The fourth-order valence-electron chi connectivity index (χ4n) is 1.87. The van der Waals surface area contributed by atoms with Gasteiger partial charge in [-0.15, -0.1) is 23.1 Å². The summed E-state index contributed by atoms with van der Waals surface area (Å²) in [5.41, 5.74) is 1.27. The van der Waals surface area contributed by atoms with Crippen LogP contribution in [0.4, 0.5) is 0 Å². The standard InChI is InChI=1S/C10H15NOS2/c1-12-10(3-4-11-7-10)8-5-9(13-2)14-6-8/h5-6,11H,3-4,7H2,1-2H3. The third-order valence-electron chi connectivity index (χ3n) is 2.81. The van der Waals surface area contributed by atoms with E-state index < -0.39 is 0 Å². The second kappa shape index (κ2) is 4.23. The van der Waals surface area contributed by atoms with Crippen LogP contribution in [0.15, 0.2) is 15.7 Å². The highest BCUT2D eigenvalue weighted by molar-refractivity contribution is 8.00. The van der Waals surface area contributed by atoms with Crippen LogP contribution in [-0.2, 0) is 10.3 Å². The van der Waals surface area contributed by atoms with Gasteiger partial charge in [0.2, 0.25) is 0 Å². The molecule has 0 bridgehead atoms. The van der Waals surface area contributed by atoms with Crippen molar-refractivity contribution in [2.24, 2.45) is 0 Å². The predicted molar refractivity (Wildman–Crippen MR) is 62.3 cm³/mol. The number of hydrogen-bond donors (Lipinski definition) is 1. The second-order valence-electron chi connectivity index (χ2n) is 3.48. The molecule has 2 heterocycles. The molecule has 0 saturated carbocycles. The van der Waals surface area contributed by atoms with Gasteiger partial charge in [-0.25, -0.2) is 0 Å². The largest absolute Gasteiger partial charge is 0.372 e. The number of nitrogens with one attached hydrogen (secondary N) is 1. The van der Waals surface area contributed by atoms with E-state index in [0.717, 1.165) is 19.5 Å². The Hall–Kier alpha value is -0.0300. The summed E-state index contributed by atoms with van der Waals surface area (Å²) in [5, 5.41) is 5.59. The van der Waals surface area contributed by atoms with Gasteiger partial charge < -0.3 is 10.1 Å². The SMILES string of the molecule is COC1(c2csc(SC)c2)CCNC1. The maximum Gasteiger partial charge on any atom is 0.107 e. The van der Waals surface area contributed by atoms with Crippen molar-refractivity contribution in [3.8, 4) is 0 Å². The highest BCUT2D eigenvalue weighted by atomic mass is 32.2. The van der Waals surface area contributed by atoms with E-state index in [2.05, 4.69) is 23.0 Å². The van der Waals surface area contributed by atoms with Crippen LogP contribution in [0.25, 0.3) is 0 Å². The summed E-state index contributed by atoms with van der Waals surface area (Å²) in [6.07, 6.45) is 3.19. The van der Waals surface area contributed by atoms with E-state index in [-0.39, 0.29) is 5.60 Å². The molecular formula is C10H15NOS2. The normalized spacial score (nSPS) is 27.0. The van der Waals surface area contributed by atoms with Gasteiger partial charge in [0.15, 0.2) is 0 Å². The van der Waals surface area contributed by atoms with Crippen LogP contribution < -0.4 is 5.32 Å². The van der Waals surface area contributed by atoms with Crippen LogP contribution in [0.1, 0.15) is 12.0 Å². The molecule has 1 atom stereocenters. The predicted octanol–water partition coefficient (Wildman–Crippen LogP) is 2.30. The molecule has 0 aromatic carbocycles. The first-order chi connectivity index (χ1) is 6.80. The Morgan fingerprint density at radius 2 is 2.50 bits per heavy atom. The van der Waals surface area contributed by atoms with E-state index in [9.17, 15) is 0 Å². The van der Waals surface area contributed by atoms with Crippen LogP contribution in [0.5, 0.6) is 0 Å². The zero-order valence-electron chi connectivity index (χ0n) is 8.50. The minimum atomic E-state index is -0.0650. The first kappa shape index (κ1) is 10.5. The van der Waals surface area contributed by atoms with Gasteiger partial charge in [0.1, 0.15) is 5.60 Å². The minimum Gasteiger partial charge on any atom is -0.372 e. The van der Waals surface area contributed by atoms with E-state index in [1.54, 1.807) is 23.1 Å². The Balaban J connectivity index is 2.26. The Bertz CT molecular complexity index is 305. The van der Waals surface area contributed by atoms with Gasteiger partial charge in [0.05, 0.1) is 4.21 Å². The van der Waals surface area contributed by atoms with E-state index in [1.807, 2.05) is 7.11 Å². The number of methoxy groups -OCH3 is 1. The van der Waals surface area contributed by atoms with Gasteiger partial charge >= 0.3 is 0 Å². The van der Waals surface area contributed by atoms with Crippen molar-refractivity contribution >= 4 is 23.1 Å². The average Bonchev–Trinajstić information content (AvgIpc) is 2.87. The van der Waals surface area contributed by atoms with Crippen molar-refractivity contribution in [2.75, 3.05) is 26.5 Å². The van der Waals surface area contributed by atoms with Crippen LogP contribution in [0.2, 0.25) is 0 Å². The molecule has 1 aromatic heterocycles. The molecule has 2 rings (SSSR count). The number of thiophene rings is 1. The molecule has 1 saturated heterocycles. The molecule has 2 nitrogen and oxygen atoms in total. The lowest BCUT2D eigenvalue weighted by Crippen LogP contribution is -2.30. The summed E-state index contributed by atoms with van der Waals surface area (Å²) in [6, 6.07) is 2.26. The molecule has 0 amide bonds. The van der Waals surface area contributed by atoms with Gasteiger partial charge in [0.25, 0.3) is 0 Å². The van der Waals surface area contributed by atoms with Gasteiger partial charge in [0, 0.05) is 13.7 Å². The number of ether oxygens (including phenoxy) is 1. The van der Waals surface area contributed by atoms with E-state index in [1.165, 1.54) is 9.77 Å². The lowest BCUT2D eigenvalue weighted by atomic mass is 9.96. The molecule has 1 aliphatic rings. The van der Waals surface area contributed by atoms with Gasteiger partial charge in [-0.2, -0.15) is 0 Å². The molecule has 0 radical (unpaired) electrons. The molecule has 14 heavy (non-hydrogen) atoms. The Kier molecular flexibility index (Phi) is 3.17. The van der Waals surface area contributed by atoms with Crippen LogP contribution in [0.3, 0.4) is 0 Å². The van der Waals surface area contributed by atoms with E-state index in [0.29, 0.717) is 0 Å². The third-order valence-corrected chi connectivity index (χ3v) is 4.84. The molecule has 0 aliphatic carbocycles. The van der Waals surface area contributed by atoms with Crippen LogP contribution in [0, 0.1) is 0 Å². The first-order valence-electron chi connectivity index (χ1n) is 4.69. The fourth-order valence-corrected chi connectivity index (χ4v) is 3.37. The molecule has 1 aromatic rings. The van der Waals surface area contributed by atoms with E-state index in [4.69, 9.17) is 4.74 Å². The summed E-state index contributed by atoms with van der Waals surface area (Å²) in [6.45, 7) is 1.99. The zero-order chi connectivity index (χ0) is 10.0. The van der Waals surface area contributed by atoms with Crippen molar-refractivity contribution in [1.29, 1.82) is 0 Å². The summed E-state index contributed by atoms with van der Waals surface area (Å²) in [4.78, 5) is 0. The summed E-state index contributed by atoms with van der Waals surface area (Å²) in [7, 11) is 1.81. The van der Waals surface area contributed by atoms with Crippen LogP contribution in [-0.4, -0.2) is 26.5 Å². The van der Waals surface area contributed by atoms with Crippen molar-refractivity contribution in [3.05, 3.63) is 17.0 Å². The Labute approximate surface area is 93.0 Å². The topological polar surface area (TPSA) is 21.3 Å². The summed E-state index contributed by atoms with van der Waals surface area (Å²) < 4.78 is 7.04. The zero-order valence-corrected chi connectivity index (χ0v) is 10.1. The van der Waals surface area contributed by atoms with Crippen molar-refractivity contribution in [2.45, 2.75) is 16.2 Å². The number of thioether (sulfide) groups is 1. The van der Waals surface area contributed by atoms with E-state index >= 15 is 0 Å². The molecule has 1 N–H and O–H groups in total. The summed E-state index contributed by atoms with van der Waals surface area (Å²) in [5.74, 6) is 0. The smallest absolute Gasteiger partial charge is 0.107 e. The third kappa shape index (κ3) is 1.72. The minimum absolute atomic E-state index is 0.0650. The van der Waals surface area contributed by atoms with Crippen molar-refractivity contribution in [3.63, 3.8) is 0 Å². The molecule has 1 fully saturated rings. The molecule has 4 heteroatoms. The maximum atomic E-state index is 5.68. The van der Waals surface area contributed by atoms with Crippen LogP contribution >= 0.6 is 23.1 Å². The average molecular weight is 229 g/mol. The molecular weight excluding hydrogens is 214 g/mol. The molecule has 0 spiro atoms. The van der Waals surface area contributed by atoms with Crippen molar-refractivity contribution in [1.82, 2.24) is 5.32 Å². The molecule has 78 valence electrons. The number of hydrogen-bond acceptors (Lipinski definition) is 4. The Morgan fingerprint density at radius 1 is 1.64 bits per heavy atom.